The number of aromatic nitrogens is 3. The van der Waals surface area contributed by atoms with Crippen molar-refractivity contribution in [3.63, 3.8) is 0 Å². The van der Waals surface area contributed by atoms with Crippen LogP contribution in [0.2, 0.25) is 0 Å². The third-order valence-electron chi connectivity index (χ3n) is 9.63. The zero-order valence-corrected chi connectivity index (χ0v) is 28.6. The van der Waals surface area contributed by atoms with Crippen LogP contribution in [0.25, 0.3) is 81.2 Å². The number of hydrogen-bond donors (Lipinski definition) is 1. The summed E-state index contributed by atoms with van der Waals surface area (Å²) in [6, 6.07) is 56.2. The maximum Gasteiger partial charge on any atom is 0.307 e. The van der Waals surface area contributed by atoms with Crippen molar-refractivity contribution in [1.29, 1.82) is 0 Å². The predicted molar refractivity (Wildman–Crippen MR) is 214 cm³/mol. The van der Waals surface area contributed by atoms with Crippen LogP contribution in [0, 0.1) is 0 Å². The molecule has 6 heteroatoms. The summed E-state index contributed by atoms with van der Waals surface area (Å²) < 4.78 is 10.8. The van der Waals surface area contributed by atoms with Crippen molar-refractivity contribution in [2.75, 3.05) is 0 Å². The lowest BCUT2D eigenvalue weighted by Gasteiger charge is -2.13. The summed E-state index contributed by atoms with van der Waals surface area (Å²) in [4.78, 5) is 10.1. The molecule has 0 spiro atoms. The van der Waals surface area contributed by atoms with Crippen LogP contribution in [0.3, 0.4) is 0 Å². The summed E-state index contributed by atoms with van der Waals surface area (Å²) in [6.07, 6.45) is 1.88. The van der Waals surface area contributed by atoms with Crippen LogP contribution in [0.1, 0.15) is 0 Å². The molecule has 0 unspecified atom stereocenters. The topological polar surface area (TPSA) is 60.2 Å². The van der Waals surface area contributed by atoms with Crippen LogP contribution in [0.4, 0.5) is 0 Å². The van der Waals surface area contributed by atoms with Gasteiger partial charge in [-0.1, -0.05) is 103 Å². The molecule has 3 aromatic heterocycles. The number of ether oxygens (including phenoxy) is 1. The second kappa shape index (κ2) is 12.2. The van der Waals surface area contributed by atoms with Gasteiger partial charge in [0.15, 0.2) is 11.5 Å². The van der Waals surface area contributed by atoms with E-state index in [-0.39, 0.29) is 5.75 Å². The van der Waals surface area contributed by atoms with Crippen LogP contribution in [-0.2, 0) is 0 Å². The molecule has 5 nitrogen and oxygen atoms in total. The molecule has 0 saturated heterocycles. The van der Waals surface area contributed by atoms with Gasteiger partial charge in [0.2, 0.25) is 0 Å². The standard InChI is InChI=1S/C46H29N3O2S/c50-40-28-43-38(37-18-9-10-21-42(37)52-43)27-41(40)51-46-48-45-36(19-11-20-39(45)49(46)34-15-5-2-6-16-34)32-24-31(29-12-3-1-4-13-29)25-33(26-32)44-35-17-8-7-14-30(35)22-23-47-44/h1-28,50H. The van der Waals surface area contributed by atoms with Crippen LogP contribution in [0.15, 0.2) is 170 Å². The van der Waals surface area contributed by atoms with E-state index in [0.29, 0.717) is 11.8 Å². The lowest BCUT2D eigenvalue weighted by Crippen LogP contribution is -1.98. The first kappa shape index (κ1) is 30.1. The molecule has 0 bridgehead atoms. The zero-order chi connectivity index (χ0) is 34.6. The van der Waals surface area contributed by atoms with Crippen LogP contribution < -0.4 is 4.74 Å². The third-order valence-corrected chi connectivity index (χ3v) is 10.8. The number of phenolic OH excluding ortho intramolecular Hbond substituents is 1. The van der Waals surface area contributed by atoms with Crippen LogP contribution in [-0.4, -0.2) is 19.6 Å². The number of thiophene rings is 1. The van der Waals surface area contributed by atoms with E-state index in [1.54, 1.807) is 17.4 Å². The van der Waals surface area contributed by atoms with E-state index in [0.717, 1.165) is 81.2 Å². The number of imidazole rings is 1. The van der Waals surface area contributed by atoms with E-state index in [2.05, 4.69) is 103 Å². The molecule has 0 radical (unpaired) electrons. The minimum absolute atomic E-state index is 0.0636. The lowest BCUT2D eigenvalue weighted by molar-refractivity contribution is 0.390. The number of phenols is 1. The summed E-state index contributed by atoms with van der Waals surface area (Å²) in [5.74, 6) is 0.411. The van der Waals surface area contributed by atoms with Crippen molar-refractivity contribution in [3.8, 4) is 56.7 Å². The highest BCUT2D eigenvalue weighted by molar-refractivity contribution is 7.25. The monoisotopic (exact) mass is 687 g/mol. The number of para-hydroxylation sites is 2. The highest BCUT2D eigenvalue weighted by Gasteiger charge is 2.21. The van der Waals surface area contributed by atoms with Crippen molar-refractivity contribution in [2.45, 2.75) is 0 Å². The zero-order valence-electron chi connectivity index (χ0n) is 27.8. The second-order valence-corrected chi connectivity index (χ2v) is 13.9. The average Bonchev–Trinajstić information content (AvgIpc) is 3.75. The average molecular weight is 688 g/mol. The summed E-state index contributed by atoms with van der Waals surface area (Å²) >= 11 is 1.65. The normalized spacial score (nSPS) is 11.5. The van der Waals surface area contributed by atoms with Crippen molar-refractivity contribution >= 4 is 53.3 Å². The molecule has 1 N–H and O–H groups in total. The van der Waals surface area contributed by atoms with E-state index < -0.39 is 0 Å². The molecule has 0 atom stereocenters. The first-order valence-corrected chi connectivity index (χ1v) is 17.9. The summed E-state index contributed by atoms with van der Waals surface area (Å²) in [5.41, 5.74) is 8.68. The van der Waals surface area contributed by atoms with Crippen molar-refractivity contribution < 1.29 is 9.84 Å². The predicted octanol–water partition coefficient (Wildman–Crippen LogP) is 12.4. The minimum atomic E-state index is 0.0636. The van der Waals surface area contributed by atoms with Gasteiger partial charge in [0.05, 0.1) is 16.9 Å². The first-order valence-electron chi connectivity index (χ1n) is 17.1. The molecule has 0 fully saturated rings. The Morgan fingerprint density at radius 1 is 0.558 bits per heavy atom. The molecule has 0 aliphatic heterocycles. The van der Waals surface area contributed by atoms with Crippen molar-refractivity contribution in [1.82, 2.24) is 14.5 Å². The molecule has 246 valence electrons. The molecule has 0 aliphatic carbocycles. The maximum absolute atomic E-state index is 11.3. The fourth-order valence-electron chi connectivity index (χ4n) is 7.19. The van der Waals surface area contributed by atoms with E-state index in [4.69, 9.17) is 14.7 Å². The van der Waals surface area contributed by atoms with Gasteiger partial charge in [0.1, 0.15) is 5.52 Å². The molecular weight excluding hydrogens is 659 g/mol. The van der Waals surface area contributed by atoms with Gasteiger partial charge in [0.25, 0.3) is 0 Å². The van der Waals surface area contributed by atoms with Crippen molar-refractivity contribution in [2.24, 2.45) is 0 Å². The van der Waals surface area contributed by atoms with Crippen molar-refractivity contribution in [3.05, 3.63) is 170 Å². The van der Waals surface area contributed by atoms with Gasteiger partial charge in [-0.25, -0.2) is 0 Å². The number of pyridine rings is 1. The quantitative estimate of drug-likeness (QED) is 0.189. The molecule has 10 aromatic rings. The number of aromatic hydroxyl groups is 1. The molecule has 10 rings (SSSR count). The van der Waals surface area contributed by atoms with Gasteiger partial charge in [0, 0.05) is 48.9 Å². The molecule has 52 heavy (non-hydrogen) atoms. The highest BCUT2D eigenvalue weighted by atomic mass is 32.1. The Hall–Kier alpha value is -6.76. The van der Waals surface area contributed by atoms with Crippen LogP contribution >= 0.6 is 11.3 Å². The Labute approximate surface area is 303 Å². The first-order chi connectivity index (χ1) is 25.7. The van der Waals surface area contributed by atoms with E-state index in [9.17, 15) is 5.11 Å². The molecule has 0 saturated carbocycles. The van der Waals surface area contributed by atoms with Gasteiger partial charge in [-0.05, 0) is 76.7 Å². The third kappa shape index (κ3) is 5.08. The smallest absolute Gasteiger partial charge is 0.307 e. The molecule has 0 amide bonds. The van der Waals surface area contributed by atoms with E-state index in [1.165, 1.54) is 0 Å². The largest absolute Gasteiger partial charge is 0.504 e. The lowest BCUT2D eigenvalue weighted by atomic mass is 9.93. The fraction of sp³-hybridized carbons (Fsp3) is 0. The number of rotatable bonds is 6. The summed E-state index contributed by atoms with van der Waals surface area (Å²) in [7, 11) is 0. The Bertz CT molecular complexity index is 2950. The number of nitrogens with zero attached hydrogens (tertiary/aromatic N) is 3. The van der Waals surface area contributed by atoms with Gasteiger partial charge in [-0.15, -0.1) is 11.3 Å². The summed E-state index contributed by atoms with van der Waals surface area (Å²) in [6.45, 7) is 0. The SMILES string of the molecule is Oc1cc2sc3ccccc3c2cc1Oc1nc2c(-c3cc(-c4ccccc4)cc(-c4nccc5ccccc45)c3)cccc2n1-c1ccccc1. The van der Waals surface area contributed by atoms with Gasteiger partial charge >= 0.3 is 6.01 Å². The Balaban J connectivity index is 1.19. The number of fused-ring (bicyclic) bond motifs is 5. The van der Waals surface area contributed by atoms with Gasteiger partial charge < -0.3 is 9.84 Å². The van der Waals surface area contributed by atoms with Gasteiger partial charge in [-0.3, -0.25) is 9.55 Å². The number of hydrogen-bond acceptors (Lipinski definition) is 5. The summed E-state index contributed by atoms with van der Waals surface area (Å²) in [5, 5.41) is 15.6. The molecular formula is C46H29N3O2S. The molecule has 3 heterocycles. The van der Waals surface area contributed by atoms with E-state index in [1.807, 2.05) is 65.4 Å². The van der Waals surface area contributed by atoms with Crippen LogP contribution in [0.5, 0.6) is 17.5 Å². The number of benzene rings is 7. The van der Waals surface area contributed by atoms with Gasteiger partial charge in [-0.2, -0.15) is 4.98 Å². The Morgan fingerprint density at radius 2 is 1.29 bits per heavy atom. The Kier molecular flexibility index (Phi) is 7.08. The second-order valence-electron chi connectivity index (χ2n) is 12.8. The maximum atomic E-state index is 11.3. The molecule has 0 aliphatic rings. The highest BCUT2D eigenvalue weighted by Crippen LogP contribution is 2.44. The Morgan fingerprint density at radius 3 is 2.15 bits per heavy atom. The minimum Gasteiger partial charge on any atom is -0.504 e. The fourth-order valence-corrected chi connectivity index (χ4v) is 8.31. The van der Waals surface area contributed by atoms with E-state index >= 15 is 0 Å². The molecule has 7 aromatic carbocycles.